The summed E-state index contributed by atoms with van der Waals surface area (Å²) in [6.07, 6.45) is 1.78. The van der Waals surface area contributed by atoms with Gasteiger partial charge >= 0.3 is 0 Å². The van der Waals surface area contributed by atoms with Gasteiger partial charge in [0.1, 0.15) is 5.82 Å². The molecule has 0 N–H and O–H groups in total. The molecule has 5 rings (SSSR count). The summed E-state index contributed by atoms with van der Waals surface area (Å²) in [6.45, 7) is 6.76. The van der Waals surface area contributed by atoms with Gasteiger partial charge in [-0.15, -0.1) is 0 Å². The maximum absolute atomic E-state index is 13.1. The lowest BCUT2D eigenvalue weighted by molar-refractivity contribution is 0.769. The molecule has 0 bridgehead atoms. The summed E-state index contributed by atoms with van der Waals surface area (Å²) in [6, 6.07) is 22.4. The Hall–Kier alpha value is -3.51. The number of aryl methyl sites for hydroxylation is 2. The molecule has 5 nitrogen and oxygen atoms in total. The van der Waals surface area contributed by atoms with Crippen molar-refractivity contribution in [3.05, 3.63) is 110 Å². The molecule has 0 atom stereocenters. The molecule has 2 aromatic heterocycles. The fraction of sp³-hybridized carbons (Fsp3) is 0.148. The first-order valence-electron chi connectivity index (χ1n) is 10.8. The van der Waals surface area contributed by atoms with E-state index in [1.165, 1.54) is 15.8 Å². The summed E-state index contributed by atoms with van der Waals surface area (Å²) >= 11 is 3.44. The minimum atomic E-state index is -0.184. The average molecular weight is 499 g/mol. The Morgan fingerprint density at radius 3 is 2.52 bits per heavy atom. The third-order valence-electron chi connectivity index (χ3n) is 6.01. The van der Waals surface area contributed by atoms with Gasteiger partial charge in [0.05, 0.1) is 17.1 Å². The van der Waals surface area contributed by atoms with E-state index in [0.29, 0.717) is 16.7 Å². The van der Waals surface area contributed by atoms with Gasteiger partial charge in [-0.3, -0.25) is 4.79 Å². The number of hydrogen-bond donors (Lipinski definition) is 0. The summed E-state index contributed by atoms with van der Waals surface area (Å²) < 4.78 is 4.51. The molecule has 164 valence electrons. The molecule has 2 heterocycles. The number of halogens is 1. The Morgan fingerprint density at radius 2 is 1.73 bits per heavy atom. The Kier molecular flexibility index (Phi) is 5.46. The maximum atomic E-state index is 13.1. The van der Waals surface area contributed by atoms with E-state index in [9.17, 15) is 4.79 Å². The molecular formula is C27H23BrN4O. The quantitative estimate of drug-likeness (QED) is 0.286. The van der Waals surface area contributed by atoms with Crippen LogP contribution in [0.5, 0.6) is 0 Å². The lowest BCUT2D eigenvalue weighted by atomic mass is 10.1. The summed E-state index contributed by atoms with van der Waals surface area (Å²) in [7, 11) is 0. The van der Waals surface area contributed by atoms with Gasteiger partial charge in [0, 0.05) is 33.2 Å². The smallest absolute Gasteiger partial charge is 0.282 e. The Bertz CT molecular complexity index is 1590. The van der Waals surface area contributed by atoms with Crippen LogP contribution in [0.2, 0.25) is 0 Å². The number of benzene rings is 3. The normalized spacial score (nSPS) is 11.8. The van der Waals surface area contributed by atoms with E-state index in [2.05, 4.69) is 80.8 Å². The van der Waals surface area contributed by atoms with Crippen LogP contribution in [0, 0.1) is 20.8 Å². The average Bonchev–Trinajstić information content (AvgIpc) is 3.07. The highest BCUT2D eigenvalue weighted by molar-refractivity contribution is 9.10. The molecule has 33 heavy (non-hydrogen) atoms. The summed E-state index contributed by atoms with van der Waals surface area (Å²) in [4.78, 5) is 17.7. The number of para-hydroxylation sites is 1. The van der Waals surface area contributed by atoms with Crippen molar-refractivity contribution < 1.29 is 0 Å². The Balaban J connectivity index is 1.62. The van der Waals surface area contributed by atoms with Crippen LogP contribution >= 0.6 is 15.9 Å². The molecular weight excluding hydrogens is 476 g/mol. The van der Waals surface area contributed by atoms with E-state index in [1.54, 1.807) is 19.2 Å². The number of hydrogen-bond acceptors (Lipinski definition) is 3. The van der Waals surface area contributed by atoms with E-state index in [0.717, 1.165) is 33.2 Å². The van der Waals surface area contributed by atoms with Gasteiger partial charge in [-0.2, -0.15) is 9.78 Å². The first-order valence-corrected chi connectivity index (χ1v) is 11.6. The molecule has 3 aromatic carbocycles. The molecule has 0 aliphatic heterocycles. The molecule has 0 aliphatic carbocycles. The third kappa shape index (κ3) is 3.91. The highest BCUT2D eigenvalue weighted by Gasteiger charge is 2.14. The molecule has 0 aliphatic rings. The van der Waals surface area contributed by atoms with E-state index in [4.69, 9.17) is 0 Å². The van der Waals surface area contributed by atoms with Gasteiger partial charge in [0.2, 0.25) is 0 Å². The van der Waals surface area contributed by atoms with Crippen molar-refractivity contribution in [2.75, 3.05) is 0 Å². The number of nitrogens with zero attached hydrogens (tertiary/aromatic N) is 4. The topological polar surface area (TPSA) is 52.2 Å². The first kappa shape index (κ1) is 21.3. The molecule has 0 radical (unpaired) electrons. The van der Waals surface area contributed by atoms with Crippen molar-refractivity contribution in [3.63, 3.8) is 0 Å². The summed E-state index contributed by atoms with van der Waals surface area (Å²) in [5.41, 5.74) is 6.21. The molecule has 0 saturated carbocycles. The minimum absolute atomic E-state index is 0.184. The molecule has 0 unspecified atom stereocenters. The summed E-state index contributed by atoms with van der Waals surface area (Å²) in [5, 5.41) is 6.22. The second-order valence-electron chi connectivity index (χ2n) is 8.27. The van der Waals surface area contributed by atoms with Gasteiger partial charge in [-0.25, -0.2) is 4.98 Å². The zero-order chi connectivity index (χ0) is 23.1. The van der Waals surface area contributed by atoms with Crippen molar-refractivity contribution in [1.29, 1.82) is 0 Å². The monoisotopic (exact) mass is 498 g/mol. The maximum Gasteiger partial charge on any atom is 0.282 e. The number of aromatic nitrogens is 3. The zero-order valence-corrected chi connectivity index (χ0v) is 20.3. The molecule has 0 spiro atoms. The first-order chi connectivity index (χ1) is 15.9. The van der Waals surface area contributed by atoms with E-state index < -0.39 is 0 Å². The summed E-state index contributed by atoms with van der Waals surface area (Å²) in [5.74, 6) is 0.548. The van der Waals surface area contributed by atoms with Gasteiger partial charge in [-0.1, -0.05) is 64.0 Å². The van der Waals surface area contributed by atoms with Crippen LogP contribution in [0.15, 0.2) is 81.1 Å². The number of fused-ring (bicyclic) bond motifs is 2. The van der Waals surface area contributed by atoms with Crippen LogP contribution in [0.1, 0.15) is 28.2 Å². The van der Waals surface area contributed by atoms with E-state index >= 15 is 0 Å². The highest BCUT2D eigenvalue weighted by Crippen LogP contribution is 2.26. The second-order valence-corrected chi connectivity index (χ2v) is 9.19. The predicted octanol–water partition coefficient (Wildman–Crippen LogP) is 5.97. The standard InChI is InChI=1S/C27H23BrN4O/c1-17-8-10-20(11-9-17)16-31-18(2)24(22-6-4-5-7-26(22)31)15-29-32-19(3)30-25-13-12-21(28)14-23(25)27(32)33/h4-15H,16H2,1-3H3. The van der Waals surface area contributed by atoms with Gasteiger partial charge in [0.25, 0.3) is 5.56 Å². The van der Waals surface area contributed by atoms with E-state index in [1.807, 2.05) is 24.3 Å². The molecule has 0 fully saturated rings. The van der Waals surface area contributed by atoms with Crippen molar-refractivity contribution in [1.82, 2.24) is 14.2 Å². The fourth-order valence-electron chi connectivity index (χ4n) is 4.21. The van der Waals surface area contributed by atoms with Crippen LogP contribution in [0.25, 0.3) is 21.8 Å². The lowest BCUT2D eigenvalue weighted by Gasteiger charge is -2.09. The van der Waals surface area contributed by atoms with Crippen LogP contribution in [-0.4, -0.2) is 20.4 Å². The zero-order valence-electron chi connectivity index (χ0n) is 18.7. The molecule has 6 heteroatoms. The minimum Gasteiger partial charge on any atom is -0.340 e. The largest absolute Gasteiger partial charge is 0.340 e. The Morgan fingerprint density at radius 1 is 0.970 bits per heavy atom. The second kappa shape index (κ2) is 8.45. The van der Waals surface area contributed by atoms with Crippen LogP contribution < -0.4 is 5.56 Å². The molecule has 0 saturated heterocycles. The predicted molar refractivity (Wildman–Crippen MR) is 138 cm³/mol. The van der Waals surface area contributed by atoms with Crippen LogP contribution in [0.4, 0.5) is 0 Å². The Labute approximate surface area is 200 Å². The van der Waals surface area contributed by atoms with Crippen molar-refractivity contribution in [2.45, 2.75) is 27.3 Å². The molecule has 5 aromatic rings. The fourth-order valence-corrected chi connectivity index (χ4v) is 4.57. The number of rotatable bonds is 4. The van der Waals surface area contributed by atoms with Crippen LogP contribution in [0.3, 0.4) is 0 Å². The van der Waals surface area contributed by atoms with E-state index in [-0.39, 0.29) is 5.56 Å². The lowest BCUT2D eigenvalue weighted by Crippen LogP contribution is -2.20. The van der Waals surface area contributed by atoms with Crippen LogP contribution in [-0.2, 0) is 6.54 Å². The van der Waals surface area contributed by atoms with Crippen molar-refractivity contribution in [2.24, 2.45) is 5.10 Å². The van der Waals surface area contributed by atoms with Gasteiger partial charge < -0.3 is 4.57 Å². The van der Waals surface area contributed by atoms with Crippen molar-refractivity contribution in [3.8, 4) is 0 Å². The van der Waals surface area contributed by atoms with Crippen molar-refractivity contribution >= 4 is 44.0 Å². The third-order valence-corrected chi connectivity index (χ3v) is 6.51. The highest BCUT2D eigenvalue weighted by atomic mass is 79.9. The van der Waals surface area contributed by atoms with Gasteiger partial charge in [0.15, 0.2) is 0 Å². The van der Waals surface area contributed by atoms with Gasteiger partial charge in [-0.05, 0) is 50.6 Å². The SMILES string of the molecule is Cc1ccc(Cn2c(C)c(C=Nn3c(C)nc4ccc(Br)cc4c3=O)c3ccccc32)cc1. The molecule has 0 amide bonds.